The summed E-state index contributed by atoms with van der Waals surface area (Å²) in [7, 11) is -16.5. The first-order chi connectivity index (χ1) is 35.4. The molecule has 1 saturated heterocycles. The van der Waals surface area contributed by atoms with Crippen LogP contribution in [0.15, 0.2) is 67.3 Å². The Labute approximate surface area is 440 Å². The Hall–Kier alpha value is -4.85. The van der Waals surface area contributed by atoms with Crippen molar-refractivity contribution in [2.24, 2.45) is 5.41 Å². The van der Waals surface area contributed by atoms with E-state index in [2.05, 4.69) is 68.2 Å². The molecule has 1 aliphatic heterocycles. The summed E-state index contributed by atoms with van der Waals surface area (Å²) in [6.07, 6.45) is -4.97. The van der Waals surface area contributed by atoms with Crippen LogP contribution < -0.4 is 16.4 Å². The number of phosphoric ester groups is 3. The number of benzene rings is 3. The van der Waals surface area contributed by atoms with Crippen LogP contribution in [0.5, 0.6) is 0 Å². The third-order valence-corrected chi connectivity index (χ3v) is 17.2. The van der Waals surface area contributed by atoms with Crippen molar-refractivity contribution < 1.29 is 85.3 Å². The Bertz CT molecular complexity index is 3190. The molecule has 0 bridgehead atoms. The van der Waals surface area contributed by atoms with Gasteiger partial charge in [0.2, 0.25) is 16.9 Å². The average molecular weight is 1140 g/mol. The number of nitrogens with two attached hydrogens (primary N) is 1. The molecule has 2 aliphatic rings. The number of aliphatic hydroxyl groups is 2. The lowest BCUT2D eigenvalue weighted by Crippen LogP contribution is -2.46. The van der Waals surface area contributed by atoms with Crippen molar-refractivity contribution in [1.29, 1.82) is 0 Å². The summed E-state index contributed by atoms with van der Waals surface area (Å²) in [4.78, 5) is 103. The minimum atomic E-state index is -5.61. The number of imidazole rings is 1. The molecule has 7 rings (SSSR count). The zero-order valence-electron chi connectivity index (χ0n) is 42.1. The lowest BCUT2D eigenvalue weighted by molar-refractivity contribution is -0.137. The van der Waals surface area contributed by atoms with Gasteiger partial charge >= 0.3 is 23.5 Å². The van der Waals surface area contributed by atoms with Gasteiger partial charge in [0.25, 0.3) is 0 Å². The summed E-state index contributed by atoms with van der Waals surface area (Å²) in [5, 5.41) is 28.1. The molecule has 10 N–H and O–H groups in total. The van der Waals surface area contributed by atoms with Gasteiger partial charge in [0.05, 0.1) is 19.5 Å². The number of nitrogens with one attached hydrogen (secondary N) is 2. The highest BCUT2D eigenvalue weighted by Crippen LogP contribution is 2.61. The van der Waals surface area contributed by atoms with Gasteiger partial charge in [-0.1, -0.05) is 83.6 Å². The number of fused-ring (bicyclic) bond motifs is 3. The van der Waals surface area contributed by atoms with Crippen molar-refractivity contribution in [1.82, 2.24) is 30.2 Å². The normalized spacial score (nSPS) is 21.3. The minimum absolute atomic E-state index is 0.0227. The van der Waals surface area contributed by atoms with Gasteiger partial charge in [0.15, 0.2) is 23.5 Å². The number of anilines is 1. The fourth-order valence-electron chi connectivity index (χ4n) is 8.77. The number of aromatic nitrogens is 4. The second kappa shape index (κ2) is 22.9. The lowest BCUT2D eigenvalue weighted by atomic mass is 9.63. The van der Waals surface area contributed by atoms with Crippen LogP contribution in [-0.4, -0.2) is 128 Å². The Morgan fingerprint density at radius 1 is 0.855 bits per heavy atom. The van der Waals surface area contributed by atoms with Gasteiger partial charge in [-0.05, 0) is 69.8 Å². The maximum atomic E-state index is 13.7. The van der Waals surface area contributed by atoms with Crippen LogP contribution in [0.25, 0.3) is 21.9 Å². The molecule has 29 heteroatoms. The summed E-state index contributed by atoms with van der Waals surface area (Å²) in [5.41, 5.74) is 8.31. The van der Waals surface area contributed by atoms with Crippen molar-refractivity contribution in [3.63, 3.8) is 0 Å². The summed E-state index contributed by atoms with van der Waals surface area (Å²) in [6, 6.07) is 16.6. The number of amides is 2. The molecule has 2 aromatic heterocycles. The van der Waals surface area contributed by atoms with Crippen LogP contribution in [-0.2, 0) is 56.7 Å². The number of phosphoric acid groups is 3. The Morgan fingerprint density at radius 3 is 2.16 bits per heavy atom. The number of aliphatic hydroxyl groups excluding tert-OH is 2. The number of ketones is 1. The number of hydrogen-bond donors (Lipinski definition) is 9. The Balaban J connectivity index is 0.816. The first kappa shape index (κ1) is 58.8. The first-order valence-corrected chi connectivity index (χ1v) is 29.2. The summed E-state index contributed by atoms with van der Waals surface area (Å²) in [5.74, 6) is -1.38. The zero-order valence-corrected chi connectivity index (χ0v) is 45.6. The molecule has 7 atom stereocenters. The van der Waals surface area contributed by atoms with E-state index in [-0.39, 0.29) is 64.0 Å². The number of ether oxygens (including phenoxy) is 1. The topological polar surface area (TPSA) is 381 Å². The molecule has 0 saturated carbocycles. The molecule has 7 unspecified atom stereocenters. The van der Waals surface area contributed by atoms with Crippen LogP contribution in [0.1, 0.15) is 104 Å². The maximum Gasteiger partial charge on any atom is 0.481 e. The largest absolute Gasteiger partial charge is 0.481 e. The first-order valence-electron chi connectivity index (χ1n) is 23.7. The second-order valence-corrected chi connectivity index (χ2v) is 25.6. The van der Waals surface area contributed by atoms with E-state index >= 15 is 0 Å². The maximum absolute atomic E-state index is 13.7. The third-order valence-electron chi connectivity index (χ3n) is 13.2. The van der Waals surface area contributed by atoms with E-state index < -0.39 is 84.6 Å². The Morgan fingerprint density at radius 2 is 1.47 bits per heavy atom. The van der Waals surface area contributed by atoms with Crippen LogP contribution in [0.2, 0.25) is 0 Å². The van der Waals surface area contributed by atoms with E-state index in [0.29, 0.717) is 16.7 Å². The zero-order chi connectivity index (χ0) is 55.8. The molecule has 25 nitrogen and oxygen atoms in total. The molecule has 2 amide bonds. The van der Waals surface area contributed by atoms with Crippen molar-refractivity contribution in [3.8, 4) is 0 Å². The summed E-state index contributed by atoms with van der Waals surface area (Å²) in [6.45, 7) is 9.22. The molecule has 5 aromatic rings. The van der Waals surface area contributed by atoms with Crippen molar-refractivity contribution in [2.75, 3.05) is 37.8 Å². The average Bonchev–Trinajstić information content (AvgIpc) is 3.93. The monoisotopic (exact) mass is 1140 g/mol. The number of rotatable bonds is 22. The summed E-state index contributed by atoms with van der Waals surface area (Å²) >= 11 is 0.994. The highest BCUT2D eigenvalue weighted by atomic mass is 32.2. The third kappa shape index (κ3) is 14.1. The fourth-order valence-corrected chi connectivity index (χ4v) is 12.3. The second-order valence-electron chi connectivity index (χ2n) is 20.3. The highest BCUT2D eigenvalue weighted by Gasteiger charge is 2.50. The van der Waals surface area contributed by atoms with Crippen molar-refractivity contribution >= 4 is 85.7 Å². The molecule has 412 valence electrons. The van der Waals surface area contributed by atoms with Crippen molar-refractivity contribution in [2.45, 2.75) is 102 Å². The number of carbonyl (C=O) groups is 4. The quantitative estimate of drug-likeness (QED) is 0.0257. The predicted octanol–water partition coefficient (Wildman–Crippen LogP) is 4.71. The number of thioether (sulfide) groups is 1. The van der Waals surface area contributed by atoms with Gasteiger partial charge in [-0.3, -0.25) is 37.3 Å². The van der Waals surface area contributed by atoms with E-state index in [4.69, 9.17) is 19.5 Å². The van der Waals surface area contributed by atoms with Crippen molar-refractivity contribution in [3.05, 3.63) is 95.1 Å². The van der Waals surface area contributed by atoms with E-state index in [0.717, 1.165) is 52.6 Å². The molecule has 1 fully saturated rings. The smallest absolute Gasteiger partial charge is 0.386 e. The fraction of sp³-hybridized carbons (Fsp3) is 0.468. The standard InChI is InChI=1S/C47H60N7O18P3S/c1-45(2)14-15-46(3,4)32-21-29(11-12-31(32)45)36(56)28-9-7-27-20-30(10-8-26(27)19-28)44(60)76-18-17-49-34(55)13-16-50-42(59)39(58)47(5,6)23-69-75(66,67)72-74(64,65)68-22-33-38(71-73(61,62)63)37(57)43(70-33)54-25-53-35-40(48)51-24-52-41(35)54/h7-12,19-21,24-25,33,37-39,43,57-58H,13-18,22-23H2,1-6H3,(H,49,55)(H,50,59)(H,64,65)(H,66,67)(H2,48,51,52)(H2,61,62,63). The van der Waals surface area contributed by atoms with Gasteiger partial charge < -0.3 is 50.9 Å². The van der Waals surface area contributed by atoms with Crippen LogP contribution in [0.4, 0.5) is 5.82 Å². The molecule has 76 heavy (non-hydrogen) atoms. The number of carbonyl (C=O) groups excluding carboxylic acids is 4. The minimum Gasteiger partial charge on any atom is -0.386 e. The van der Waals surface area contributed by atoms with Gasteiger partial charge in [0, 0.05) is 47.4 Å². The lowest BCUT2D eigenvalue weighted by Gasteiger charge is -2.42. The number of nitrogens with zero attached hydrogens (tertiary/aromatic N) is 4. The summed E-state index contributed by atoms with van der Waals surface area (Å²) < 4.78 is 62.7. The van der Waals surface area contributed by atoms with Gasteiger partial charge in [-0.25, -0.2) is 28.6 Å². The van der Waals surface area contributed by atoms with Gasteiger partial charge in [0.1, 0.15) is 36.3 Å². The van der Waals surface area contributed by atoms with E-state index in [1.54, 1.807) is 24.3 Å². The SMILES string of the molecule is CC1(C)CCC(C)(C)c2cc(C(=O)c3ccc4cc(C(=O)SCCNC(=O)CCNC(=O)C(O)C(C)(C)COP(=O)(O)OP(=O)(O)OCC5OC(n6cnc7c(N)ncnc76)C(O)C5OP(=O)(O)O)ccc4c3)ccc21. The molecule has 3 heterocycles. The molecule has 0 radical (unpaired) electrons. The van der Waals surface area contributed by atoms with Crippen LogP contribution in [0.3, 0.4) is 0 Å². The highest BCUT2D eigenvalue weighted by molar-refractivity contribution is 8.14. The molecule has 0 spiro atoms. The van der Waals surface area contributed by atoms with Crippen LogP contribution in [0, 0.1) is 5.41 Å². The van der Waals surface area contributed by atoms with E-state index in [1.807, 2.05) is 24.3 Å². The predicted molar refractivity (Wildman–Crippen MR) is 276 cm³/mol. The van der Waals surface area contributed by atoms with Gasteiger partial charge in [-0.15, -0.1) is 0 Å². The molecular weight excluding hydrogens is 1080 g/mol. The van der Waals surface area contributed by atoms with E-state index in [9.17, 15) is 62.7 Å². The molecule has 1 aliphatic carbocycles. The number of hydrogen-bond acceptors (Lipinski definition) is 19. The Kier molecular flexibility index (Phi) is 17.7. The van der Waals surface area contributed by atoms with Gasteiger partial charge in [-0.2, -0.15) is 4.31 Å². The number of nitrogen functional groups attached to an aromatic ring is 1. The van der Waals surface area contributed by atoms with Crippen LogP contribution >= 0.6 is 35.2 Å². The van der Waals surface area contributed by atoms with E-state index in [1.165, 1.54) is 25.0 Å². The molecule has 3 aromatic carbocycles. The molecular formula is C47H60N7O18P3S.